The Labute approximate surface area is 210 Å². The first-order chi connectivity index (χ1) is 16.3. The lowest BCUT2D eigenvalue weighted by molar-refractivity contribution is -0.140. The average Bonchev–Trinajstić information content (AvgIpc) is 2.76. The molecule has 0 heterocycles. The SMILES string of the molecule is CC[C@H](C(=O)N[C@@H](C)CC)N(Cc1ccc(C)cc1)C(=O)CN(c1cc(C)cc(C)c1)S(C)(=O)=O. The van der Waals surface area contributed by atoms with Crippen LogP contribution in [-0.4, -0.2) is 50.0 Å². The Morgan fingerprint density at radius 2 is 1.49 bits per heavy atom. The van der Waals surface area contributed by atoms with Crippen molar-refractivity contribution in [2.75, 3.05) is 17.1 Å². The van der Waals surface area contributed by atoms with Gasteiger partial charge in [0.05, 0.1) is 11.9 Å². The summed E-state index contributed by atoms with van der Waals surface area (Å²) < 4.78 is 26.6. The third kappa shape index (κ3) is 8.09. The molecule has 0 bridgehead atoms. The van der Waals surface area contributed by atoms with Gasteiger partial charge in [0.2, 0.25) is 21.8 Å². The number of anilines is 1. The van der Waals surface area contributed by atoms with Gasteiger partial charge in [0.1, 0.15) is 12.6 Å². The summed E-state index contributed by atoms with van der Waals surface area (Å²) >= 11 is 0. The molecule has 0 unspecified atom stereocenters. The molecule has 2 aromatic carbocycles. The highest BCUT2D eigenvalue weighted by atomic mass is 32.2. The minimum atomic E-state index is -3.75. The quantitative estimate of drug-likeness (QED) is 0.502. The first kappa shape index (κ1) is 28.4. The summed E-state index contributed by atoms with van der Waals surface area (Å²) in [5.74, 6) is -0.666. The molecule has 2 amide bonds. The zero-order chi connectivity index (χ0) is 26.3. The highest BCUT2D eigenvalue weighted by Gasteiger charge is 2.32. The number of benzene rings is 2. The first-order valence-electron chi connectivity index (χ1n) is 12.1. The largest absolute Gasteiger partial charge is 0.352 e. The summed E-state index contributed by atoms with van der Waals surface area (Å²) in [6, 6.07) is 12.4. The zero-order valence-corrected chi connectivity index (χ0v) is 22.8. The van der Waals surface area contributed by atoms with E-state index in [4.69, 9.17) is 0 Å². The molecule has 0 saturated carbocycles. The average molecular weight is 502 g/mol. The van der Waals surface area contributed by atoms with E-state index in [-0.39, 0.29) is 25.0 Å². The van der Waals surface area contributed by atoms with Crippen LogP contribution in [0.1, 0.15) is 55.9 Å². The van der Waals surface area contributed by atoms with Crippen LogP contribution in [0.15, 0.2) is 42.5 Å². The third-order valence-corrected chi connectivity index (χ3v) is 7.17. The van der Waals surface area contributed by atoms with E-state index >= 15 is 0 Å². The molecule has 2 aromatic rings. The number of hydrogen-bond donors (Lipinski definition) is 1. The van der Waals surface area contributed by atoms with Crippen molar-refractivity contribution in [2.45, 2.75) is 73.0 Å². The molecular formula is C27H39N3O4S. The van der Waals surface area contributed by atoms with Gasteiger partial charge in [-0.05, 0) is 69.4 Å². The minimum absolute atomic E-state index is 0.0318. The Balaban J connectivity index is 2.46. The summed E-state index contributed by atoms with van der Waals surface area (Å²) in [4.78, 5) is 28.4. The fraction of sp³-hybridized carbons (Fsp3) is 0.481. The number of amides is 2. The lowest BCUT2D eigenvalue weighted by Crippen LogP contribution is -2.53. The number of rotatable bonds is 11. The molecule has 0 aliphatic rings. The smallest absolute Gasteiger partial charge is 0.244 e. The van der Waals surface area contributed by atoms with E-state index < -0.39 is 22.0 Å². The topological polar surface area (TPSA) is 86.8 Å². The zero-order valence-electron chi connectivity index (χ0n) is 22.0. The molecule has 0 fully saturated rings. The predicted octanol–water partition coefficient (Wildman–Crippen LogP) is 4.10. The van der Waals surface area contributed by atoms with Gasteiger partial charge in [-0.1, -0.05) is 49.7 Å². The number of nitrogens with one attached hydrogen (secondary N) is 1. The highest BCUT2D eigenvalue weighted by molar-refractivity contribution is 7.92. The van der Waals surface area contributed by atoms with E-state index in [0.29, 0.717) is 12.1 Å². The number of aryl methyl sites for hydroxylation is 3. The second-order valence-corrected chi connectivity index (χ2v) is 11.3. The Morgan fingerprint density at radius 3 is 1.97 bits per heavy atom. The molecule has 0 spiro atoms. The van der Waals surface area contributed by atoms with Gasteiger partial charge in [0, 0.05) is 12.6 Å². The molecule has 0 aromatic heterocycles. The monoisotopic (exact) mass is 501 g/mol. The van der Waals surface area contributed by atoms with Crippen molar-refractivity contribution in [2.24, 2.45) is 0 Å². The van der Waals surface area contributed by atoms with Crippen molar-refractivity contribution in [3.8, 4) is 0 Å². The van der Waals surface area contributed by atoms with Crippen LogP contribution in [0.2, 0.25) is 0 Å². The predicted molar refractivity (Wildman–Crippen MR) is 142 cm³/mol. The molecule has 35 heavy (non-hydrogen) atoms. The second kappa shape index (κ2) is 12.2. The lowest BCUT2D eigenvalue weighted by Gasteiger charge is -2.33. The minimum Gasteiger partial charge on any atom is -0.352 e. The summed E-state index contributed by atoms with van der Waals surface area (Å²) in [6.45, 7) is 11.3. The van der Waals surface area contributed by atoms with E-state index in [1.54, 1.807) is 12.1 Å². The number of carbonyl (C=O) groups is 2. The van der Waals surface area contributed by atoms with Gasteiger partial charge in [-0.2, -0.15) is 0 Å². The normalized spacial score (nSPS) is 13.1. The molecule has 0 saturated heterocycles. The highest BCUT2D eigenvalue weighted by Crippen LogP contribution is 2.22. The van der Waals surface area contributed by atoms with Crippen molar-refractivity contribution in [1.29, 1.82) is 0 Å². The Morgan fingerprint density at radius 1 is 0.914 bits per heavy atom. The maximum absolute atomic E-state index is 13.7. The van der Waals surface area contributed by atoms with Crippen LogP contribution in [0.4, 0.5) is 5.69 Å². The summed E-state index contributed by atoms with van der Waals surface area (Å²) in [6.07, 6.45) is 2.26. The van der Waals surface area contributed by atoms with Crippen molar-refractivity contribution >= 4 is 27.5 Å². The molecular weight excluding hydrogens is 462 g/mol. The lowest BCUT2D eigenvalue weighted by atomic mass is 10.1. The second-order valence-electron chi connectivity index (χ2n) is 9.36. The van der Waals surface area contributed by atoms with Crippen LogP contribution >= 0.6 is 0 Å². The van der Waals surface area contributed by atoms with E-state index in [0.717, 1.165) is 39.2 Å². The van der Waals surface area contributed by atoms with Crippen LogP contribution in [0.3, 0.4) is 0 Å². The molecule has 0 aliphatic heterocycles. The Hall–Kier alpha value is -2.87. The standard InChI is InChI=1S/C27H39N3O4S/c1-8-22(6)28-27(32)25(9-2)29(17-23-12-10-19(3)11-13-23)26(31)18-30(35(7,33)34)24-15-20(4)14-21(5)16-24/h10-16,22,25H,8-9,17-18H2,1-7H3,(H,28,32)/t22-,25+/m0/s1. The van der Waals surface area contributed by atoms with Crippen molar-refractivity contribution in [3.63, 3.8) is 0 Å². The van der Waals surface area contributed by atoms with Gasteiger partial charge in [0.15, 0.2) is 0 Å². The van der Waals surface area contributed by atoms with Crippen LogP contribution < -0.4 is 9.62 Å². The number of hydrogen-bond acceptors (Lipinski definition) is 4. The molecule has 0 radical (unpaired) electrons. The molecule has 7 nitrogen and oxygen atoms in total. The van der Waals surface area contributed by atoms with Crippen LogP contribution in [0, 0.1) is 20.8 Å². The van der Waals surface area contributed by atoms with E-state index in [9.17, 15) is 18.0 Å². The molecule has 2 atom stereocenters. The fourth-order valence-corrected chi connectivity index (χ4v) is 4.79. The van der Waals surface area contributed by atoms with Gasteiger partial charge in [-0.25, -0.2) is 8.42 Å². The van der Waals surface area contributed by atoms with E-state index in [2.05, 4.69) is 5.32 Å². The van der Waals surface area contributed by atoms with Gasteiger partial charge in [-0.15, -0.1) is 0 Å². The van der Waals surface area contributed by atoms with Crippen LogP contribution in [-0.2, 0) is 26.2 Å². The van der Waals surface area contributed by atoms with E-state index in [1.165, 1.54) is 4.90 Å². The molecule has 192 valence electrons. The van der Waals surface area contributed by atoms with Crippen LogP contribution in [0.5, 0.6) is 0 Å². The molecule has 1 N–H and O–H groups in total. The number of sulfonamides is 1. The van der Waals surface area contributed by atoms with Crippen LogP contribution in [0.25, 0.3) is 0 Å². The van der Waals surface area contributed by atoms with Crippen molar-refractivity contribution < 1.29 is 18.0 Å². The number of carbonyl (C=O) groups excluding carboxylic acids is 2. The summed E-state index contributed by atoms with van der Waals surface area (Å²) in [5, 5.41) is 2.98. The van der Waals surface area contributed by atoms with E-state index in [1.807, 2.05) is 71.9 Å². The van der Waals surface area contributed by atoms with Gasteiger partial charge in [-0.3, -0.25) is 13.9 Å². The van der Waals surface area contributed by atoms with Gasteiger partial charge < -0.3 is 10.2 Å². The first-order valence-corrected chi connectivity index (χ1v) is 13.9. The van der Waals surface area contributed by atoms with Crippen molar-refractivity contribution in [1.82, 2.24) is 10.2 Å². The fourth-order valence-electron chi connectivity index (χ4n) is 3.96. The van der Waals surface area contributed by atoms with Gasteiger partial charge >= 0.3 is 0 Å². The Kier molecular flexibility index (Phi) is 9.89. The molecule has 0 aliphatic carbocycles. The summed E-state index contributed by atoms with van der Waals surface area (Å²) in [7, 11) is -3.75. The van der Waals surface area contributed by atoms with Gasteiger partial charge in [0.25, 0.3) is 0 Å². The molecule has 2 rings (SSSR count). The Bertz CT molecular complexity index is 1110. The third-order valence-electron chi connectivity index (χ3n) is 6.03. The maximum Gasteiger partial charge on any atom is 0.244 e. The number of nitrogens with zero attached hydrogens (tertiary/aromatic N) is 2. The maximum atomic E-state index is 13.7. The molecule has 8 heteroatoms. The van der Waals surface area contributed by atoms with Crippen molar-refractivity contribution in [3.05, 3.63) is 64.7 Å². The summed E-state index contributed by atoms with van der Waals surface area (Å²) in [5.41, 5.74) is 4.20.